The van der Waals surface area contributed by atoms with Gasteiger partial charge in [0, 0.05) is 51.0 Å². The van der Waals surface area contributed by atoms with Crippen molar-refractivity contribution in [2.24, 2.45) is 18.4 Å². The van der Waals surface area contributed by atoms with Crippen molar-refractivity contribution in [1.82, 2.24) is 20.2 Å². The number of alkyl halides is 6. The lowest BCUT2D eigenvalue weighted by atomic mass is 9.85. The summed E-state index contributed by atoms with van der Waals surface area (Å²) in [6, 6.07) is 5.86. The molecular weight excluding hydrogens is 725 g/mol. The molecule has 2 aromatic carbocycles. The van der Waals surface area contributed by atoms with Crippen LogP contribution in [-0.2, 0) is 18.4 Å². The zero-order valence-electron chi connectivity index (χ0n) is 28.5. The van der Waals surface area contributed by atoms with E-state index in [4.69, 9.17) is 23.2 Å². The first-order chi connectivity index (χ1) is 23.6. The molecule has 2 aliphatic rings. The topological polar surface area (TPSA) is 112 Å². The van der Waals surface area contributed by atoms with Crippen LogP contribution in [0.5, 0.6) is 0 Å². The molecule has 0 radical (unpaired) electrons. The first kappa shape index (κ1) is 38.8. The largest absolute Gasteiger partial charge is 0.417 e. The highest BCUT2D eigenvalue weighted by atomic mass is 35.5. The molecule has 4 N–H and O–H groups in total. The van der Waals surface area contributed by atoms with E-state index in [0.29, 0.717) is 22.3 Å². The van der Waals surface area contributed by atoms with E-state index in [0.717, 1.165) is 0 Å². The fourth-order valence-corrected chi connectivity index (χ4v) is 6.94. The number of carbonyl (C=O) groups excluding carboxylic acids is 2. The van der Waals surface area contributed by atoms with Gasteiger partial charge in [0.15, 0.2) is 5.60 Å². The van der Waals surface area contributed by atoms with Crippen LogP contribution in [0.3, 0.4) is 0 Å². The summed E-state index contributed by atoms with van der Waals surface area (Å²) in [6.45, 7) is 5.03. The number of rotatable bonds is 7. The Hall–Kier alpha value is -3.43. The molecule has 1 aliphatic carbocycles. The third-order valence-electron chi connectivity index (χ3n) is 9.76. The second kappa shape index (κ2) is 14.2. The van der Waals surface area contributed by atoms with E-state index in [-0.39, 0.29) is 78.5 Å². The maximum Gasteiger partial charge on any atom is 0.417 e. The van der Waals surface area contributed by atoms with E-state index in [9.17, 15) is 41.0 Å². The number of halogens is 8. The van der Waals surface area contributed by atoms with Crippen LogP contribution in [0.2, 0.25) is 10.0 Å². The standard InChI is InChI=1S/C34H40Cl2F6N6O3/c1-31(2,3)29(50)43-17-18-5-10-22(35)27(26(18)36)46-30-45-23-15-21(28(49)44-20-8-6-19(7-9-20)33(37,38)39)24(16-25(23)47(30)4)48-13-11-32(51,12-14-48)34(40,41)42/h5,10,15-16,19-20,51H,6-9,11-14,17H2,1-4H3,(H,43,50)(H,44,49)(H,45,46)/t19-,20-. The van der Waals surface area contributed by atoms with E-state index < -0.39 is 54.1 Å². The number of hydrogen-bond acceptors (Lipinski definition) is 6. The molecule has 1 aliphatic heterocycles. The lowest BCUT2D eigenvalue weighted by Crippen LogP contribution is -2.53. The highest BCUT2D eigenvalue weighted by molar-refractivity contribution is 6.39. The average Bonchev–Trinajstić information content (AvgIpc) is 3.34. The number of piperidine rings is 1. The van der Waals surface area contributed by atoms with Crippen LogP contribution in [-0.4, -0.2) is 63.6 Å². The monoisotopic (exact) mass is 764 g/mol. The molecule has 5 rings (SSSR count). The van der Waals surface area contributed by atoms with Gasteiger partial charge in [-0.3, -0.25) is 9.59 Å². The number of anilines is 3. The van der Waals surface area contributed by atoms with E-state index in [1.54, 1.807) is 55.5 Å². The zero-order valence-corrected chi connectivity index (χ0v) is 30.0. The zero-order chi connectivity index (χ0) is 37.7. The van der Waals surface area contributed by atoms with Gasteiger partial charge in [-0.05, 0) is 49.4 Å². The summed E-state index contributed by atoms with van der Waals surface area (Å²) in [5.74, 6) is -1.97. The molecule has 280 valence electrons. The van der Waals surface area contributed by atoms with Crippen LogP contribution >= 0.6 is 23.2 Å². The number of imidazole rings is 1. The number of nitrogens with one attached hydrogen (secondary N) is 3. The Kier molecular flexibility index (Phi) is 10.8. The molecule has 1 aromatic heterocycles. The fraction of sp³-hybridized carbons (Fsp3) is 0.559. The molecule has 9 nitrogen and oxygen atoms in total. The van der Waals surface area contributed by atoms with E-state index in [1.165, 1.54) is 6.07 Å². The lowest BCUT2D eigenvalue weighted by Gasteiger charge is -2.40. The van der Waals surface area contributed by atoms with Crippen LogP contribution in [0.15, 0.2) is 24.3 Å². The van der Waals surface area contributed by atoms with Crippen LogP contribution in [0, 0.1) is 11.3 Å². The third-order valence-corrected chi connectivity index (χ3v) is 10.5. The van der Waals surface area contributed by atoms with Gasteiger partial charge in [0.05, 0.1) is 43.9 Å². The fourth-order valence-electron chi connectivity index (χ4n) is 6.41. The number of aryl methyl sites for hydroxylation is 1. The van der Waals surface area contributed by atoms with Crippen molar-refractivity contribution in [3.63, 3.8) is 0 Å². The molecule has 2 heterocycles. The molecule has 51 heavy (non-hydrogen) atoms. The Labute approximate surface area is 301 Å². The Morgan fingerprint density at radius 2 is 1.63 bits per heavy atom. The highest BCUT2D eigenvalue weighted by Gasteiger charge is 2.54. The molecular formula is C34H40Cl2F6N6O3. The first-order valence-electron chi connectivity index (χ1n) is 16.5. The number of aliphatic hydroxyl groups is 1. The van der Waals surface area contributed by atoms with E-state index in [2.05, 4.69) is 20.9 Å². The minimum atomic E-state index is -4.83. The third kappa shape index (κ3) is 8.30. The number of benzene rings is 2. The normalized spacial score (nSPS) is 20.0. The molecule has 0 bridgehead atoms. The summed E-state index contributed by atoms with van der Waals surface area (Å²) < 4.78 is 82.2. The van der Waals surface area contributed by atoms with Gasteiger partial charge in [-0.15, -0.1) is 0 Å². The molecule has 2 amide bonds. The second-order valence-corrected chi connectivity index (χ2v) is 15.2. The van der Waals surface area contributed by atoms with Gasteiger partial charge in [0.1, 0.15) is 0 Å². The number of fused-ring (bicyclic) bond motifs is 1. The quantitative estimate of drug-likeness (QED) is 0.182. The van der Waals surface area contributed by atoms with Gasteiger partial charge in [0.25, 0.3) is 5.91 Å². The van der Waals surface area contributed by atoms with Crippen molar-refractivity contribution in [3.05, 3.63) is 45.4 Å². The summed E-state index contributed by atoms with van der Waals surface area (Å²) in [5.41, 5.74) is -1.43. The number of aromatic nitrogens is 2. The predicted octanol–water partition coefficient (Wildman–Crippen LogP) is 8.03. The molecule has 1 saturated carbocycles. The average molecular weight is 766 g/mol. The van der Waals surface area contributed by atoms with Crippen molar-refractivity contribution in [2.75, 3.05) is 23.3 Å². The summed E-state index contributed by atoms with van der Waals surface area (Å²) in [5, 5.41) is 19.6. The molecule has 0 atom stereocenters. The number of hydrogen-bond donors (Lipinski definition) is 4. The molecule has 0 spiro atoms. The Morgan fingerprint density at radius 3 is 2.20 bits per heavy atom. The second-order valence-electron chi connectivity index (χ2n) is 14.4. The first-order valence-corrected chi connectivity index (χ1v) is 17.3. The van der Waals surface area contributed by atoms with Crippen LogP contribution < -0.4 is 20.9 Å². The van der Waals surface area contributed by atoms with Gasteiger partial charge in [-0.1, -0.05) is 50.0 Å². The smallest absolute Gasteiger partial charge is 0.380 e. The predicted molar refractivity (Wildman–Crippen MR) is 183 cm³/mol. The van der Waals surface area contributed by atoms with Gasteiger partial charge in [-0.25, -0.2) is 4.98 Å². The Morgan fingerprint density at radius 1 is 1.00 bits per heavy atom. The highest BCUT2D eigenvalue weighted by Crippen LogP contribution is 2.42. The van der Waals surface area contributed by atoms with Gasteiger partial charge >= 0.3 is 12.4 Å². The van der Waals surface area contributed by atoms with Crippen molar-refractivity contribution in [3.8, 4) is 0 Å². The van der Waals surface area contributed by atoms with Crippen molar-refractivity contribution >= 4 is 63.4 Å². The summed E-state index contributed by atoms with van der Waals surface area (Å²) in [4.78, 5) is 32.4. The molecule has 17 heteroatoms. The molecule has 0 unspecified atom stereocenters. The lowest BCUT2D eigenvalue weighted by molar-refractivity contribution is -0.266. The SMILES string of the molecule is Cn1c(Nc2c(Cl)ccc(CNC(=O)C(C)(C)C)c2Cl)nc2cc(C(=O)N[C@H]3CC[C@H](C(F)(F)F)CC3)c(N3CCC(O)(C(F)(F)F)CC3)cc21. The van der Waals surface area contributed by atoms with Crippen LogP contribution in [0.25, 0.3) is 11.0 Å². The van der Waals surface area contributed by atoms with Gasteiger partial charge in [-0.2, -0.15) is 26.3 Å². The summed E-state index contributed by atoms with van der Waals surface area (Å²) in [7, 11) is 1.67. The van der Waals surface area contributed by atoms with Crippen LogP contribution in [0.1, 0.15) is 75.2 Å². The maximum absolute atomic E-state index is 13.8. The molecule has 3 aromatic rings. The van der Waals surface area contributed by atoms with E-state index >= 15 is 0 Å². The number of nitrogens with zero attached hydrogens (tertiary/aromatic N) is 3. The minimum absolute atomic E-state index is 0.0789. The summed E-state index contributed by atoms with van der Waals surface area (Å²) in [6.07, 6.45) is -10.4. The van der Waals surface area contributed by atoms with Gasteiger partial charge < -0.3 is 30.5 Å². The van der Waals surface area contributed by atoms with Crippen molar-refractivity contribution < 1.29 is 41.0 Å². The Bertz CT molecular complexity index is 1790. The number of amides is 2. The Balaban J connectivity index is 1.46. The summed E-state index contributed by atoms with van der Waals surface area (Å²) >= 11 is 13.2. The minimum Gasteiger partial charge on any atom is -0.380 e. The molecule has 1 saturated heterocycles. The number of carbonyl (C=O) groups is 2. The van der Waals surface area contributed by atoms with Crippen molar-refractivity contribution in [1.29, 1.82) is 0 Å². The van der Waals surface area contributed by atoms with Crippen LogP contribution in [0.4, 0.5) is 43.7 Å². The molecule has 2 fully saturated rings. The van der Waals surface area contributed by atoms with E-state index in [1.807, 2.05) is 0 Å². The maximum atomic E-state index is 13.8. The van der Waals surface area contributed by atoms with Gasteiger partial charge in [0.2, 0.25) is 11.9 Å². The van der Waals surface area contributed by atoms with Crippen molar-refractivity contribution in [2.45, 2.75) is 89.8 Å².